The van der Waals surface area contributed by atoms with Crippen molar-refractivity contribution in [3.05, 3.63) is 28.6 Å². The van der Waals surface area contributed by atoms with Gasteiger partial charge in [0.2, 0.25) is 0 Å². The minimum Gasteiger partial charge on any atom is -0.497 e. The lowest BCUT2D eigenvalue weighted by Gasteiger charge is -2.09. The van der Waals surface area contributed by atoms with E-state index < -0.39 is 0 Å². The largest absolute Gasteiger partial charge is 0.497 e. The quantitative estimate of drug-likeness (QED) is 0.888. The summed E-state index contributed by atoms with van der Waals surface area (Å²) >= 11 is 1.68. The van der Waals surface area contributed by atoms with Crippen molar-refractivity contribution >= 4 is 11.3 Å². The second-order valence-corrected chi connectivity index (χ2v) is 5.49. The maximum atomic E-state index is 5.41. The highest BCUT2D eigenvalue weighted by Crippen LogP contribution is 2.35. The van der Waals surface area contributed by atoms with Gasteiger partial charge in [-0.3, -0.25) is 0 Å². The molecule has 0 amide bonds. The highest BCUT2D eigenvalue weighted by atomic mass is 32.1. The molecule has 1 N–H and O–H groups in total. The number of methoxy groups -OCH3 is 2. The van der Waals surface area contributed by atoms with Gasteiger partial charge in [0.15, 0.2) is 0 Å². The number of benzene rings is 1. The van der Waals surface area contributed by atoms with Gasteiger partial charge < -0.3 is 14.8 Å². The lowest BCUT2D eigenvalue weighted by atomic mass is 10.1. The van der Waals surface area contributed by atoms with Gasteiger partial charge in [0.25, 0.3) is 0 Å². The molecule has 0 aliphatic carbocycles. The van der Waals surface area contributed by atoms with E-state index in [1.165, 1.54) is 0 Å². The van der Waals surface area contributed by atoms with Crippen molar-refractivity contribution in [2.45, 2.75) is 12.8 Å². The molecule has 20 heavy (non-hydrogen) atoms. The Hall–Kier alpha value is -1.59. The summed E-state index contributed by atoms with van der Waals surface area (Å²) in [5.41, 5.74) is 1.90. The predicted molar refractivity (Wildman–Crippen MR) is 83.0 cm³/mol. The Morgan fingerprint density at radius 2 is 2.10 bits per heavy atom. The van der Waals surface area contributed by atoms with Crippen molar-refractivity contribution in [1.82, 2.24) is 10.3 Å². The fourth-order valence-electron chi connectivity index (χ4n) is 2.05. The summed E-state index contributed by atoms with van der Waals surface area (Å²) < 4.78 is 10.7. The van der Waals surface area contributed by atoms with E-state index in [2.05, 4.69) is 17.6 Å². The molecular formula is C15H20N2O2S. The summed E-state index contributed by atoms with van der Waals surface area (Å²) in [4.78, 5) is 4.73. The number of nitrogens with zero attached hydrogens (tertiary/aromatic N) is 1. The average Bonchev–Trinajstić information content (AvgIpc) is 2.96. The van der Waals surface area contributed by atoms with Crippen molar-refractivity contribution in [2.24, 2.45) is 0 Å². The molecule has 0 bridgehead atoms. The monoisotopic (exact) mass is 292 g/mol. The molecule has 1 atom stereocenters. The molecule has 0 aliphatic heterocycles. The maximum absolute atomic E-state index is 5.41. The SMILES string of the molecule is CNCC(C)c1nc(-c2cc(OC)ccc2OC)cs1. The van der Waals surface area contributed by atoms with Gasteiger partial charge in [0.05, 0.1) is 24.9 Å². The van der Waals surface area contributed by atoms with Crippen molar-refractivity contribution in [3.8, 4) is 22.8 Å². The zero-order valence-electron chi connectivity index (χ0n) is 12.3. The molecule has 1 aromatic heterocycles. The highest BCUT2D eigenvalue weighted by molar-refractivity contribution is 7.10. The predicted octanol–water partition coefficient (Wildman–Crippen LogP) is 3.15. The number of thiazole rings is 1. The molecule has 2 rings (SSSR count). The van der Waals surface area contributed by atoms with E-state index in [1.54, 1.807) is 25.6 Å². The number of ether oxygens (including phenoxy) is 2. The molecule has 0 radical (unpaired) electrons. The lowest BCUT2D eigenvalue weighted by molar-refractivity contribution is 0.404. The summed E-state index contributed by atoms with van der Waals surface area (Å²) in [6, 6.07) is 5.75. The van der Waals surface area contributed by atoms with Crippen molar-refractivity contribution in [2.75, 3.05) is 27.8 Å². The normalized spacial score (nSPS) is 12.2. The first kappa shape index (κ1) is 14.8. The number of likely N-dealkylation sites (N-methyl/N-ethyl adjacent to an activating group) is 1. The lowest BCUT2D eigenvalue weighted by Crippen LogP contribution is -2.14. The molecule has 0 saturated heterocycles. The third-order valence-corrected chi connectivity index (χ3v) is 4.21. The molecular weight excluding hydrogens is 272 g/mol. The van der Waals surface area contributed by atoms with Crippen LogP contribution in [-0.4, -0.2) is 32.8 Å². The van der Waals surface area contributed by atoms with Crippen LogP contribution < -0.4 is 14.8 Å². The molecule has 1 heterocycles. The zero-order valence-corrected chi connectivity index (χ0v) is 13.1. The van der Waals surface area contributed by atoms with Crippen molar-refractivity contribution < 1.29 is 9.47 Å². The Morgan fingerprint density at radius 1 is 1.30 bits per heavy atom. The van der Waals surface area contributed by atoms with E-state index in [-0.39, 0.29) is 0 Å². The topological polar surface area (TPSA) is 43.4 Å². The molecule has 5 heteroatoms. The minimum absolute atomic E-state index is 0.398. The van der Waals surface area contributed by atoms with Crippen LogP contribution in [0.25, 0.3) is 11.3 Å². The van der Waals surface area contributed by atoms with Crippen LogP contribution in [0, 0.1) is 0 Å². The third-order valence-electron chi connectivity index (χ3n) is 3.14. The van der Waals surface area contributed by atoms with Crippen LogP contribution in [0.1, 0.15) is 17.8 Å². The van der Waals surface area contributed by atoms with Gasteiger partial charge in [0, 0.05) is 23.4 Å². The molecule has 108 valence electrons. The Kier molecular flexibility index (Phi) is 4.98. The minimum atomic E-state index is 0.398. The van der Waals surface area contributed by atoms with Gasteiger partial charge >= 0.3 is 0 Å². The number of nitrogens with one attached hydrogen (secondary N) is 1. The number of rotatable bonds is 6. The first-order valence-electron chi connectivity index (χ1n) is 6.52. The van der Waals surface area contributed by atoms with E-state index in [1.807, 2.05) is 25.2 Å². The van der Waals surface area contributed by atoms with Gasteiger partial charge in [-0.15, -0.1) is 11.3 Å². The van der Waals surface area contributed by atoms with Gasteiger partial charge in [-0.25, -0.2) is 4.98 Å². The summed E-state index contributed by atoms with van der Waals surface area (Å²) in [6.45, 7) is 3.09. The van der Waals surface area contributed by atoms with Crippen LogP contribution >= 0.6 is 11.3 Å². The summed E-state index contributed by atoms with van der Waals surface area (Å²) in [5.74, 6) is 2.01. The Bertz CT molecular complexity index is 569. The zero-order chi connectivity index (χ0) is 14.5. The van der Waals surface area contributed by atoms with Crippen molar-refractivity contribution in [1.29, 1.82) is 0 Å². The Balaban J connectivity index is 2.35. The molecule has 2 aromatic rings. The van der Waals surface area contributed by atoms with Gasteiger partial charge in [-0.05, 0) is 25.2 Å². The summed E-state index contributed by atoms with van der Waals surface area (Å²) in [5, 5.41) is 6.37. The van der Waals surface area contributed by atoms with E-state index >= 15 is 0 Å². The third kappa shape index (κ3) is 3.11. The number of hydrogen-bond acceptors (Lipinski definition) is 5. The highest BCUT2D eigenvalue weighted by Gasteiger charge is 2.14. The van der Waals surface area contributed by atoms with Crippen LogP contribution in [0.4, 0.5) is 0 Å². The van der Waals surface area contributed by atoms with Crippen LogP contribution in [0.5, 0.6) is 11.5 Å². The molecule has 0 aliphatic rings. The molecule has 1 aromatic carbocycles. The molecule has 1 unspecified atom stereocenters. The van der Waals surface area contributed by atoms with Crippen LogP contribution in [-0.2, 0) is 0 Å². The van der Waals surface area contributed by atoms with Gasteiger partial charge in [0.1, 0.15) is 11.5 Å². The molecule has 0 saturated carbocycles. The molecule has 0 spiro atoms. The van der Waals surface area contributed by atoms with E-state index in [0.29, 0.717) is 5.92 Å². The second kappa shape index (κ2) is 6.72. The molecule has 0 fully saturated rings. The number of aromatic nitrogens is 1. The van der Waals surface area contributed by atoms with Gasteiger partial charge in [-0.2, -0.15) is 0 Å². The van der Waals surface area contributed by atoms with E-state index in [9.17, 15) is 0 Å². The first-order chi connectivity index (χ1) is 9.69. The van der Waals surface area contributed by atoms with E-state index in [0.717, 1.165) is 34.3 Å². The summed E-state index contributed by atoms with van der Waals surface area (Å²) in [6.07, 6.45) is 0. The van der Waals surface area contributed by atoms with Crippen LogP contribution in [0.2, 0.25) is 0 Å². The smallest absolute Gasteiger partial charge is 0.128 e. The Morgan fingerprint density at radius 3 is 2.75 bits per heavy atom. The standard InChI is InChI=1S/C15H20N2O2S/c1-10(8-16-2)15-17-13(9-20-15)12-7-11(18-3)5-6-14(12)19-4/h5-7,9-10,16H,8H2,1-4H3. The maximum Gasteiger partial charge on any atom is 0.128 e. The van der Waals surface area contributed by atoms with E-state index in [4.69, 9.17) is 14.5 Å². The fourth-order valence-corrected chi connectivity index (χ4v) is 2.92. The van der Waals surface area contributed by atoms with Crippen LogP contribution in [0.3, 0.4) is 0 Å². The second-order valence-electron chi connectivity index (χ2n) is 4.60. The molecule has 4 nitrogen and oxygen atoms in total. The summed E-state index contributed by atoms with van der Waals surface area (Å²) in [7, 11) is 5.28. The fraction of sp³-hybridized carbons (Fsp3) is 0.400. The van der Waals surface area contributed by atoms with Crippen LogP contribution in [0.15, 0.2) is 23.6 Å². The first-order valence-corrected chi connectivity index (χ1v) is 7.40. The number of hydrogen-bond donors (Lipinski definition) is 1. The average molecular weight is 292 g/mol. The Labute approximate surface area is 123 Å². The van der Waals surface area contributed by atoms with Gasteiger partial charge in [-0.1, -0.05) is 6.92 Å². The van der Waals surface area contributed by atoms with Crippen molar-refractivity contribution in [3.63, 3.8) is 0 Å².